The van der Waals surface area contributed by atoms with Crippen molar-refractivity contribution < 1.29 is 9.90 Å². The van der Waals surface area contributed by atoms with Crippen molar-refractivity contribution in [3.63, 3.8) is 0 Å². The van der Waals surface area contributed by atoms with Gasteiger partial charge in [0.2, 0.25) is 0 Å². The first-order chi connectivity index (χ1) is 4.79. The molecule has 0 atom stereocenters. The first-order valence-corrected chi connectivity index (χ1v) is 3.82. The molecular formula is C6H7NO2S. The second-order valence-electron chi connectivity index (χ2n) is 1.87. The Morgan fingerprint density at radius 1 is 1.80 bits per heavy atom. The van der Waals surface area contributed by atoms with Crippen molar-refractivity contribution >= 4 is 17.3 Å². The summed E-state index contributed by atoms with van der Waals surface area (Å²) >= 11 is 1.49. The maximum absolute atomic E-state index is 10.1. The van der Waals surface area contributed by atoms with Crippen molar-refractivity contribution in [1.82, 2.24) is 4.98 Å². The van der Waals surface area contributed by atoms with Gasteiger partial charge in [0.25, 0.3) is 0 Å². The molecule has 1 aromatic heterocycles. The summed E-state index contributed by atoms with van der Waals surface area (Å²) in [5.74, 6) is -0.770. The molecule has 0 saturated carbocycles. The van der Waals surface area contributed by atoms with Gasteiger partial charge in [-0.2, -0.15) is 0 Å². The van der Waals surface area contributed by atoms with Crippen LogP contribution in [-0.4, -0.2) is 16.1 Å². The van der Waals surface area contributed by atoms with Gasteiger partial charge in [-0.1, -0.05) is 0 Å². The summed E-state index contributed by atoms with van der Waals surface area (Å²) in [6.07, 6.45) is 0.711. The van der Waals surface area contributed by atoms with Crippen LogP contribution in [0.15, 0.2) is 10.9 Å². The van der Waals surface area contributed by atoms with Gasteiger partial charge in [0.05, 0.1) is 17.6 Å². The summed E-state index contributed by atoms with van der Waals surface area (Å²) in [6.45, 7) is 0. The van der Waals surface area contributed by atoms with Crippen LogP contribution in [0.4, 0.5) is 0 Å². The monoisotopic (exact) mass is 157 g/mol. The quantitative estimate of drug-likeness (QED) is 0.716. The number of carboxylic acids is 1. The van der Waals surface area contributed by atoms with Gasteiger partial charge in [-0.05, 0) is 0 Å². The summed E-state index contributed by atoms with van der Waals surface area (Å²) in [5.41, 5.74) is 2.57. The molecule has 3 nitrogen and oxygen atoms in total. The topological polar surface area (TPSA) is 50.2 Å². The Balaban J connectivity index is 2.35. The highest BCUT2D eigenvalue weighted by molar-refractivity contribution is 7.07. The number of hydrogen-bond donors (Lipinski definition) is 1. The molecule has 0 spiro atoms. The largest absolute Gasteiger partial charge is 0.481 e. The maximum atomic E-state index is 10.1. The van der Waals surface area contributed by atoms with Crippen molar-refractivity contribution in [3.8, 4) is 0 Å². The number of thiazole rings is 1. The van der Waals surface area contributed by atoms with Gasteiger partial charge in [0.15, 0.2) is 0 Å². The molecule has 0 aliphatic heterocycles. The van der Waals surface area contributed by atoms with Gasteiger partial charge in [-0.15, -0.1) is 11.3 Å². The Morgan fingerprint density at radius 2 is 2.60 bits per heavy atom. The lowest BCUT2D eigenvalue weighted by Crippen LogP contribution is -1.96. The van der Waals surface area contributed by atoms with E-state index in [1.165, 1.54) is 11.3 Å². The molecule has 1 aromatic rings. The molecule has 0 bridgehead atoms. The smallest absolute Gasteiger partial charge is 0.303 e. The molecule has 54 valence electrons. The molecule has 0 radical (unpaired) electrons. The molecule has 0 aliphatic carbocycles. The molecule has 1 N–H and O–H groups in total. The molecule has 4 heteroatoms. The predicted molar refractivity (Wildman–Crippen MR) is 38.1 cm³/mol. The lowest BCUT2D eigenvalue weighted by atomic mass is 10.3. The highest BCUT2D eigenvalue weighted by atomic mass is 32.1. The molecule has 0 unspecified atom stereocenters. The molecular weight excluding hydrogens is 150 g/mol. The Labute approximate surface area is 62.3 Å². The minimum Gasteiger partial charge on any atom is -0.481 e. The molecule has 0 aliphatic rings. The Morgan fingerprint density at radius 3 is 3.10 bits per heavy atom. The zero-order chi connectivity index (χ0) is 7.40. The van der Waals surface area contributed by atoms with Crippen molar-refractivity contribution in [2.45, 2.75) is 12.8 Å². The SMILES string of the molecule is O=C(O)CCc1cscn1. The molecule has 0 aromatic carbocycles. The van der Waals surface area contributed by atoms with E-state index < -0.39 is 5.97 Å². The molecule has 1 heterocycles. The first kappa shape index (κ1) is 7.21. The molecule has 10 heavy (non-hydrogen) atoms. The number of aromatic nitrogens is 1. The van der Waals surface area contributed by atoms with E-state index in [1.54, 1.807) is 5.51 Å². The summed E-state index contributed by atoms with van der Waals surface area (Å²) in [5, 5.41) is 10.2. The van der Waals surface area contributed by atoms with Gasteiger partial charge >= 0.3 is 5.97 Å². The van der Waals surface area contributed by atoms with Crippen molar-refractivity contribution in [2.24, 2.45) is 0 Å². The van der Waals surface area contributed by atoms with Gasteiger partial charge in [-0.25, -0.2) is 4.98 Å². The van der Waals surface area contributed by atoms with Gasteiger partial charge in [0.1, 0.15) is 0 Å². The molecule has 0 fully saturated rings. The summed E-state index contributed by atoms with van der Waals surface area (Å²) in [6, 6.07) is 0. The van der Waals surface area contributed by atoms with Crippen LogP contribution >= 0.6 is 11.3 Å². The number of carboxylic acid groups (broad SMARTS) is 1. The van der Waals surface area contributed by atoms with Crippen LogP contribution in [0.2, 0.25) is 0 Å². The molecule has 0 saturated heterocycles. The number of aliphatic carboxylic acids is 1. The van der Waals surface area contributed by atoms with Crippen LogP contribution in [0.25, 0.3) is 0 Å². The second kappa shape index (κ2) is 3.31. The fraction of sp³-hybridized carbons (Fsp3) is 0.333. The predicted octanol–water partition coefficient (Wildman–Crippen LogP) is 1.16. The van der Waals surface area contributed by atoms with Crippen LogP contribution in [0.5, 0.6) is 0 Å². The van der Waals surface area contributed by atoms with Crippen molar-refractivity contribution in [2.75, 3.05) is 0 Å². The van der Waals surface area contributed by atoms with E-state index >= 15 is 0 Å². The van der Waals surface area contributed by atoms with Crippen LogP contribution in [0.3, 0.4) is 0 Å². The third-order valence-corrected chi connectivity index (χ3v) is 1.71. The normalized spacial score (nSPS) is 9.60. The van der Waals surface area contributed by atoms with Crippen molar-refractivity contribution in [3.05, 3.63) is 16.6 Å². The van der Waals surface area contributed by atoms with Gasteiger partial charge in [-0.3, -0.25) is 4.79 Å². The summed E-state index contributed by atoms with van der Waals surface area (Å²) < 4.78 is 0. The minimum atomic E-state index is -0.770. The van der Waals surface area contributed by atoms with Crippen molar-refractivity contribution in [1.29, 1.82) is 0 Å². The van der Waals surface area contributed by atoms with E-state index in [1.807, 2.05) is 5.38 Å². The summed E-state index contributed by atoms with van der Waals surface area (Å²) in [4.78, 5) is 14.0. The van der Waals surface area contributed by atoms with E-state index in [0.717, 1.165) is 5.69 Å². The lowest BCUT2D eigenvalue weighted by molar-refractivity contribution is -0.136. The fourth-order valence-electron chi connectivity index (χ4n) is 0.596. The van der Waals surface area contributed by atoms with E-state index in [4.69, 9.17) is 5.11 Å². The highest BCUT2D eigenvalue weighted by Crippen LogP contribution is 2.03. The van der Waals surface area contributed by atoms with E-state index in [-0.39, 0.29) is 6.42 Å². The zero-order valence-electron chi connectivity index (χ0n) is 5.28. The molecule has 0 amide bonds. The Hall–Kier alpha value is -0.900. The number of carbonyl (C=O) groups is 1. The number of aryl methyl sites for hydroxylation is 1. The maximum Gasteiger partial charge on any atom is 0.303 e. The van der Waals surface area contributed by atoms with E-state index in [2.05, 4.69) is 4.98 Å². The van der Waals surface area contributed by atoms with Gasteiger partial charge in [0, 0.05) is 11.8 Å². The number of nitrogens with zero attached hydrogens (tertiary/aromatic N) is 1. The standard InChI is InChI=1S/C6H7NO2S/c8-6(9)2-1-5-3-10-4-7-5/h3-4H,1-2H2,(H,8,9). The minimum absolute atomic E-state index is 0.170. The third-order valence-electron chi connectivity index (χ3n) is 1.08. The number of rotatable bonds is 3. The second-order valence-corrected chi connectivity index (χ2v) is 2.59. The number of hydrogen-bond acceptors (Lipinski definition) is 3. The fourth-order valence-corrected chi connectivity index (χ4v) is 1.19. The molecule has 1 rings (SSSR count). The average molecular weight is 157 g/mol. The average Bonchev–Trinajstić information content (AvgIpc) is 2.34. The Bertz CT molecular complexity index is 208. The zero-order valence-corrected chi connectivity index (χ0v) is 6.10. The van der Waals surface area contributed by atoms with E-state index in [0.29, 0.717) is 6.42 Å². The highest BCUT2D eigenvalue weighted by Gasteiger charge is 1.98. The Kier molecular flexibility index (Phi) is 2.39. The third kappa shape index (κ3) is 2.14. The van der Waals surface area contributed by atoms with E-state index in [9.17, 15) is 4.79 Å². The van der Waals surface area contributed by atoms with Crippen LogP contribution < -0.4 is 0 Å². The van der Waals surface area contributed by atoms with Crippen LogP contribution in [-0.2, 0) is 11.2 Å². The van der Waals surface area contributed by atoms with Crippen LogP contribution in [0, 0.1) is 0 Å². The lowest BCUT2D eigenvalue weighted by Gasteiger charge is -1.88. The first-order valence-electron chi connectivity index (χ1n) is 2.88. The summed E-state index contributed by atoms with van der Waals surface area (Å²) in [7, 11) is 0. The van der Waals surface area contributed by atoms with Gasteiger partial charge < -0.3 is 5.11 Å². The van der Waals surface area contributed by atoms with Crippen LogP contribution in [0.1, 0.15) is 12.1 Å².